The fourth-order valence-corrected chi connectivity index (χ4v) is 4.58. The summed E-state index contributed by atoms with van der Waals surface area (Å²) in [4.78, 5) is 14.7. The van der Waals surface area contributed by atoms with Crippen LogP contribution in [0.4, 0.5) is 0 Å². The number of hydrogen-bond acceptors (Lipinski definition) is 2. The number of nitrogens with one attached hydrogen (secondary N) is 1. The van der Waals surface area contributed by atoms with Crippen LogP contribution < -0.4 is 5.32 Å². The largest absolute Gasteiger partial charge is 0.343 e. The van der Waals surface area contributed by atoms with Crippen LogP contribution in [0.3, 0.4) is 0 Å². The lowest BCUT2D eigenvalue weighted by Crippen LogP contribution is -2.42. The number of carbonyl (C=O) groups excluding carboxylic acids is 1. The summed E-state index contributed by atoms with van der Waals surface area (Å²) in [6.07, 6.45) is 13.7. The maximum Gasteiger partial charge on any atom is 0.222 e. The van der Waals surface area contributed by atoms with Gasteiger partial charge in [-0.05, 0) is 44.4 Å². The molecule has 1 amide bonds. The quantitative estimate of drug-likeness (QED) is 0.805. The zero-order valence-corrected chi connectivity index (χ0v) is 12.9. The third-order valence-corrected chi connectivity index (χ3v) is 5.80. The summed E-state index contributed by atoms with van der Waals surface area (Å²) < 4.78 is 0. The number of piperidine rings is 1. The zero-order chi connectivity index (χ0) is 13.9. The lowest BCUT2D eigenvalue weighted by atomic mass is 9.89. The van der Waals surface area contributed by atoms with Gasteiger partial charge in [0.15, 0.2) is 0 Å². The van der Waals surface area contributed by atoms with Gasteiger partial charge in [-0.15, -0.1) is 0 Å². The Morgan fingerprint density at radius 3 is 2.20 bits per heavy atom. The van der Waals surface area contributed by atoms with Gasteiger partial charge in [0.05, 0.1) is 0 Å². The van der Waals surface area contributed by atoms with E-state index in [0.29, 0.717) is 30.0 Å². The highest BCUT2D eigenvalue weighted by Gasteiger charge is 2.35. The molecular formula is C17H30N2O. The fourth-order valence-electron chi connectivity index (χ4n) is 4.58. The first kappa shape index (κ1) is 14.4. The Morgan fingerprint density at radius 2 is 1.60 bits per heavy atom. The van der Waals surface area contributed by atoms with Gasteiger partial charge in [0, 0.05) is 31.6 Å². The zero-order valence-electron chi connectivity index (χ0n) is 12.9. The molecule has 20 heavy (non-hydrogen) atoms. The SMILES string of the molecule is CN(C(=O)CC1CC2CCC(C1)N2)C1CCCCCC1. The average Bonchev–Trinajstić information content (AvgIpc) is 2.68. The molecule has 2 atom stereocenters. The molecule has 3 fully saturated rings. The molecule has 2 aliphatic heterocycles. The molecule has 3 heteroatoms. The van der Waals surface area contributed by atoms with Crippen LogP contribution in [-0.4, -0.2) is 36.0 Å². The van der Waals surface area contributed by atoms with E-state index in [2.05, 4.69) is 10.2 Å². The molecule has 2 unspecified atom stereocenters. The summed E-state index contributed by atoms with van der Waals surface area (Å²) in [5.41, 5.74) is 0. The number of rotatable bonds is 3. The minimum Gasteiger partial charge on any atom is -0.343 e. The van der Waals surface area contributed by atoms with Gasteiger partial charge in [-0.2, -0.15) is 0 Å². The van der Waals surface area contributed by atoms with Gasteiger partial charge in [-0.1, -0.05) is 25.7 Å². The van der Waals surface area contributed by atoms with E-state index in [1.807, 2.05) is 7.05 Å². The Labute approximate surface area is 123 Å². The maximum atomic E-state index is 12.6. The Bertz CT molecular complexity index is 324. The smallest absolute Gasteiger partial charge is 0.222 e. The highest BCUT2D eigenvalue weighted by molar-refractivity contribution is 5.76. The van der Waals surface area contributed by atoms with E-state index < -0.39 is 0 Å². The number of nitrogens with zero attached hydrogens (tertiary/aromatic N) is 1. The second-order valence-electron chi connectivity index (χ2n) is 7.33. The highest BCUT2D eigenvalue weighted by atomic mass is 16.2. The van der Waals surface area contributed by atoms with E-state index in [4.69, 9.17) is 0 Å². The molecular weight excluding hydrogens is 248 g/mol. The van der Waals surface area contributed by atoms with Crippen LogP contribution in [0.2, 0.25) is 0 Å². The Kier molecular flexibility index (Phi) is 4.65. The lowest BCUT2D eigenvalue weighted by Gasteiger charge is -2.32. The van der Waals surface area contributed by atoms with E-state index in [1.165, 1.54) is 64.2 Å². The molecule has 3 aliphatic rings. The molecule has 0 radical (unpaired) electrons. The summed E-state index contributed by atoms with van der Waals surface area (Å²) in [5.74, 6) is 1.04. The summed E-state index contributed by atoms with van der Waals surface area (Å²) in [6.45, 7) is 0. The Balaban J connectivity index is 1.50. The molecule has 1 aliphatic carbocycles. The molecule has 0 aromatic rings. The van der Waals surface area contributed by atoms with Crippen LogP contribution in [0.5, 0.6) is 0 Å². The van der Waals surface area contributed by atoms with Crippen LogP contribution in [0.15, 0.2) is 0 Å². The van der Waals surface area contributed by atoms with Crippen LogP contribution in [0.1, 0.15) is 70.6 Å². The fraction of sp³-hybridized carbons (Fsp3) is 0.941. The van der Waals surface area contributed by atoms with Gasteiger partial charge in [-0.25, -0.2) is 0 Å². The number of carbonyl (C=O) groups is 1. The van der Waals surface area contributed by atoms with Gasteiger partial charge < -0.3 is 10.2 Å². The van der Waals surface area contributed by atoms with Crippen LogP contribution >= 0.6 is 0 Å². The van der Waals surface area contributed by atoms with Gasteiger partial charge in [0.1, 0.15) is 0 Å². The molecule has 114 valence electrons. The second-order valence-corrected chi connectivity index (χ2v) is 7.33. The minimum absolute atomic E-state index is 0.406. The summed E-state index contributed by atoms with van der Waals surface area (Å²) in [5, 5.41) is 3.67. The van der Waals surface area contributed by atoms with E-state index >= 15 is 0 Å². The third-order valence-electron chi connectivity index (χ3n) is 5.80. The van der Waals surface area contributed by atoms with E-state index in [-0.39, 0.29) is 0 Å². The van der Waals surface area contributed by atoms with Crippen molar-refractivity contribution in [3.63, 3.8) is 0 Å². The molecule has 2 heterocycles. The van der Waals surface area contributed by atoms with Crippen LogP contribution in [-0.2, 0) is 4.79 Å². The summed E-state index contributed by atoms with van der Waals surface area (Å²) in [6, 6.07) is 1.92. The molecule has 3 rings (SSSR count). The highest BCUT2D eigenvalue weighted by Crippen LogP contribution is 2.33. The standard InChI is InChI=1S/C17H30N2O/c1-19(16-6-4-2-3-5-7-16)17(20)12-13-10-14-8-9-15(11-13)18-14/h13-16,18H,2-12H2,1H3. The molecule has 0 spiro atoms. The van der Waals surface area contributed by atoms with Crippen molar-refractivity contribution < 1.29 is 4.79 Å². The van der Waals surface area contributed by atoms with E-state index in [9.17, 15) is 4.79 Å². The third kappa shape index (κ3) is 3.36. The molecule has 3 nitrogen and oxygen atoms in total. The van der Waals surface area contributed by atoms with Crippen molar-refractivity contribution in [2.45, 2.75) is 88.8 Å². The first-order valence-corrected chi connectivity index (χ1v) is 8.74. The van der Waals surface area contributed by atoms with E-state index in [1.54, 1.807) is 0 Å². The van der Waals surface area contributed by atoms with Crippen molar-refractivity contribution >= 4 is 5.91 Å². The van der Waals surface area contributed by atoms with Crippen LogP contribution in [0.25, 0.3) is 0 Å². The van der Waals surface area contributed by atoms with E-state index in [0.717, 1.165) is 6.42 Å². The number of amides is 1. The molecule has 1 N–H and O–H groups in total. The number of fused-ring (bicyclic) bond motifs is 2. The second kappa shape index (κ2) is 6.46. The normalized spacial score (nSPS) is 34.8. The monoisotopic (exact) mass is 278 g/mol. The maximum absolute atomic E-state index is 12.6. The van der Waals surface area contributed by atoms with Gasteiger partial charge >= 0.3 is 0 Å². The summed E-state index contributed by atoms with van der Waals surface area (Å²) >= 11 is 0. The molecule has 0 aromatic carbocycles. The van der Waals surface area contributed by atoms with Crippen molar-refractivity contribution in [3.8, 4) is 0 Å². The molecule has 2 bridgehead atoms. The van der Waals surface area contributed by atoms with Gasteiger partial charge in [-0.3, -0.25) is 4.79 Å². The minimum atomic E-state index is 0.406. The van der Waals surface area contributed by atoms with Gasteiger partial charge in [0.25, 0.3) is 0 Å². The first-order chi connectivity index (χ1) is 9.72. The van der Waals surface area contributed by atoms with Crippen molar-refractivity contribution in [1.82, 2.24) is 10.2 Å². The number of hydrogen-bond donors (Lipinski definition) is 1. The molecule has 2 saturated heterocycles. The summed E-state index contributed by atoms with van der Waals surface area (Å²) in [7, 11) is 2.05. The molecule has 1 saturated carbocycles. The topological polar surface area (TPSA) is 32.3 Å². The van der Waals surface area contributed by atoms with Gasteiger partial charge in [0.2, 0.25) is 5.91 Å². The first-order valence-electron chi connectivity index (χ1n) is 8.74. The Morgan fingerprint density at radius 1 is 1.00 bits per heavy atom. The average molecular weight is 278 g/mol. The van der Waals surface area contributed by atoms with Crippen LogP contribution in [0, 0.1) is 5.92 Å². The van der Waals surface area contributed by atoms with Crippen molar-refractivity contribution in [3.05, 3.63) is 0 Å². The predicted octanol–water partition coefficient (Wildman–Crippen LogP) is 3.09. The lowest BCUT2D eigenvalue weighted by molar-refractivity contribution is -0.133. The van der Waals surface area contributed by atoms with Crippen molar-refractivity contribution in [2.75, 3.05) is 7.05 Å². The molecule has 0 aromatic heterocycles. The van der Waals surface area contributed by atoms with Crippen molar-refractivity contribution in [1.29, 1.82) is 0 Å². The predicted molar refractivity (Wildman–Crippen MR) is 81.5 cm³/mol. The Hall–Kier alpha value is -0.570. The van der Waals surface area contributed by atoms with Crippen molar-refractivity contribution in [2.24, 2.45) is 5.92 Å².